The van der Waals surface area contributed by atoms with Gasteiger partial charge in [-0.3, -0.25) is 0 Å². The first-order valence-electron chi connectivity index (χ1n) is 6.41. The van der Waals surface area contributed by atoms with Crippen LogP contribution in [-0.2, 0) is 4.74 Å². The lowest BCUT2D eigenvalue weighted by atomic mass is 9.72. The van der Waals surface area contributed by atoms with Crippen LogP contribution in [0.4, 0.5) is 0 Å². The van der Waals surface area contributed by atoms with Gasteiger partial charge in [0.15, 0.2) is 0 Å². The van der Waals surface area contributed by atoms with Crippen molar-refractivity contribution in [3.63, 3.8) is 0 Å². The van der Waals surface area contributed by atoms with Crippen molar-refractivity contribution in [2.45, 2.75) is 43.7 Å². The minimum atomic E-state index is -0.820. The molecular weight excluding hydrogens is 204 g/mol. The van der Waals surface area contributed by atoms with Crippen LogP contribution in [0.3, 0.4) is 0 Å². The van der Waals surface area contributed by atoms with E-state index in [1.54, 1.807) is 0 Å². The summed E-state index contributed by atoms with van der Waals surface area (Å²) < 4.78 is 5.42. The normalized spacial score (nSPS) is 42.2. The fourth-order valence-corrected chi connectivity index (χ4v) is 3.00. The summed E-state index contributed by atoms with van der Waals surface area (Å²) in [5.41, 5.74) is 5.16. The van der Waals surface area contributed by atoms with Gasteiger partial charge in [-0.2, -0.15) is 0 Å². The average Bonchev–Trinajstić information content (AvgIpc) is 2.30. The highest BCUT2D eigenvalue weighted by atomic mass is 16.5. The number of nitrogens with two attached hydrogens (primary N) is 1. The predicted octanol–water partition coefficient (Wildman–Crippen LogP) is 0.341. The molecule has 0 aromatic heterocycles. The lowest BCUT2D eigenvalue weighted by Gasteiger charge is -2.51. The summed E-state index contributed by atoms with van der Waals surface area (Å²) in [6, 6.07) is 0. The van der Waals surface area contributed by atoms with Gasteiger partial charge in [-0.05, 0) is 38.8 Å². The monoisotopic (exact) mass is 228 g/mol. The topological polar surface area (TPSA) is 58.7 Å². The number of hydrogen-bond acceptors (Lipinski definition) is 4. The molecule has 2 aliphatic rings. The van der Waals surface area contributed by atoms with Gasteiger partial charge in [-0.25, -0.2) is 0 Å². The quantitative estimate of drug-likeness (QED) is 0.715. The molecule has 0 spiro atoms. The summed E-state index contributed by atoms with van der Waals surface area (Å²) in [4.78, 5) is 2.33. The van der Waals surface area contributed by atoms with Gasteiger partial charge < -0.3 is 20.5 Å². The van der Waals surface area contributed by atoms with Crippen LogP contribution in [0.15, 0.2) is 0 Å². The van der Waals surface area contributed by atoms with Gasteiger partial charge in [0, 0.05) is 13.2 Å². The summed E-state index contributed by atoms with van der Waals surface area (Å²) in [5, 5.41) is 10.7. The Hall–Kier alpha value is -0.160. The number of ether oxygens (including phenoxy) is 1. The maximum Gasteiger partial charge on any atom is 0.107 e. The molecule has 4 heteroatoms. The van der Waals surface area contributed by atoms with Crippen molar-refractivity contribution in [2.75, 3.05) is 32.8 Å². The molecule has 0 saturated carbocycles. The first-order chi connectivity index (χ1) is 7.60. The Bertz CT molecular complexity index is 241. The van der Waals surface area contributed by atoms with E-state index < -0.39 is 11.1 Å². The molecule has 2 unspecified atom stereocenters. The van der Waals surface area contributed by atoms with E-state index in [4.69, 9.17) is 10.5 Å². The molecule has 0 aromatic rings. The van der Waals surface area contributed by atoms with Crippen LogP contribution < -0.4 is 5.73 Å². The fourth-order valence-electron chi connectivity index (χ4n) is 3.00. The number of likely N-dealkylation sites (tertiary alicyclic amines) is 1. The average molecular weight is 228 g/mol. The smallest absolute Gasteiger partial charge is 0.107 e. The number of nitrogens with zero attached hydrogens (tertiary/aromatic N) is 1. The van der Waals surface area contributed by atoms with Crippen molar-refractivity contribution in [3.05, 3.63) is 0 Å². The maximum absolute atomic E-state index is 10.7. The summed E-state index contributed by atoms with van der Waals surface area (Å²) in [7, 11) is 0. The van der Waals surface area contributed by atoms with Crippen LogP contribution in [-0.4, -0.2) is 54.0 Å². The fraction of sp³-hybridized carbons (Fsp3) is 1.00. The largest absolute Gasteiger partial charge is 0.385 e. The highest BCUT2D eigenvalue weighted by molar-refractivity contribution is 5.08. The van der Waals surface area contributed by atoms with Crippen molar-refractivity contribution >= 4 is 0 Å². The third-order valence-electron chi connectivity index (χ3n) is 4.20. The number of hydrogen-bond donors (Lipinski definition) is 2. The summed E-state index contributed by atoms with van der Waals surface area (Å²) in [6.07, 6.45) is 3.68. The van der Waals surface area contributed by atoms with E-state index in [-0.39, 0.29) is 0 Å². The summed E-state index contributed by atoms with van der Waals surface area (Å²) in [6.45, 7) is 6.22. The molecule has 0 amide bonds. The van der Waals surface area contributed by atoms with Gasteiger partial charge in [0.05, 0.1) is 12.1 Å². The van der Waals surface area contributed by atoms with Crippen LogP contribution in [0.25, 0.3) is 0 Å². The molecule has 2 fully saturated rings. The number of rotatable bonds is 2. The van der Waals surface area contributed by atoms with E-state index >= 15 is 0 Å². The Balaban J connectivity index is 2.09. The summed E-state index contributed by atoms with van der Waals surface area (Å²) >= 11 is 0. The van der Waals surface area contributed by atoms with E-state index in [1.807, 2.05) is 0 Å². The third-order valence-corrected chi connectivity index (χ3v) is 4.20. The second-order valence-electron chi connectivity index (χ2n) is 5.32. The molecule has 2 rings (SSSR count). The third kappa shape index (κ3) is 2.12. The molecule has 0 aromatic carbocycles. The Kier molecular flexibility index (Phi) is 3.54. The first-order valence-corrected chi connectivity index (χ1v) is 6.41. The minimum absolute atomic E-state index is 0.404. The molecule has 94 valence electrons. The van der Waals surface area contributed by atoms with Crippen LogP contribution in [0.1, 0.15) is 32.6 Å². The Labute approximate surface area is 97.7 Å². The van der Waals surface area contributed by atoms with Gasteiger partial charge in [0.25, 0.3) is 0 Å². The second kappa shape index (κ2) is 4.61. The van der Waals surface area contributed by atoms with E-state index in [9.17, 15) is 5.11 Å². The number of likely N-dealkylation sites (N-methyl/N-ethyl adjacent to an activating group) is 1. The van der Waals surface area contributed by atoms with E-state index in [0.717, 1.165) is 51.9 Å². The molecule has 2 aliphatic heterocycles. The van der Waals surface area contributed by atoms with E-state index in [2.05, 4.69) is 11.8 Å². The summed E-state index contributed by atoms with van der Waals surface area (Å²) in [5.74, 6) is 0. The minimum Gasteiger partial charge on any atom is -0.385 e. The standard InChI is InChI=1S/C12H24N2O2/c1-2-14-7-3-5-11(13,9-14)12(15)6-4-8-16-10-12/h15H,2-10,13H2,1H3. The molecule has 0 radical (unpaired) electrons. The predicted molar refractivity (Wildman–Crippen MR) is 63.3 cm³/mol. The lowest BCUT2D eigenvalue weighted by molar-refractivity contribution is -0.143. The highest BCUT2D eigenvalue weighted by Gasteiger charge is 2.50. The van der Waals surface area contributed by atoms with Gasteiger partial charge in [-0.15, -0.1) is 0 Å². The zero-order valence-corrected chi connectivity index (χ0v) is 10.2. The molecular formula is C12H24N2O2. The number of piperidine rings is 1. The Morgan fingerprint density at radius 1 is 1.38 bits per heavy atom. The van der Waals surface area contributed by atoms with Crippen LogP contribution >= 0.6 is 0 Å². The highest BCUT2D eigenvalue weighted by Crippen LogP contribution is 2.35. The lowest BCUT2D eigenvalue weighted by Crippen LogP contribution is -2.70. The van der Waals surface area contributed by atoms with Crippen molar-refractivity contribution in [2.24, 2.45) is 5.73 Å². The van der Waals surface area contributed by atoms with Crippen LogP contribution in [0.5, 0.6) is 0 Å². The molecule has 4 nitrogen and oxygen atoms in total. The van der Waals surface area contributed by atoms with Gasteiger partial charge in [0.1, 0.15) is 5.60 Å². The molecule has 0 bridgehead atoms. The molecule has 3 N–H and O–H groups in total. The van der Waals surface area contributed by atoms with Crippen molar-refractivity contribution in [1.82, 2.24) is 4.90 Å². The van der Waals surface area contributed by atoms with Crippen LogP contribution in [0, 0.1) is 0 Å². The van der Waals surface area contributed by atoms with E-state index in [1.165, 1.54) is 0 Å². The van der Waals surface area contributed by atoms with E-state index in [0.29, 0.717) is 6.61 Å². The van der Waals surface area contributed by atoms with Gasteiger partial charge in [0.2, 0.25) is 0 Å². The Morgan fingerprint density at radius 2 is 2.19 bits per heavy atom. The maximum atomic E-state index is 10.7. The molecule has 2 heterocycles. The van der Waals surface area contributed by atoms with Crippen molar-refractivity contribution < 1.29 is 9.84 Å². The zero-order valence-electron chi connectivity index (χ0n) is 10.2. The molecule has 0 aliphatic carbocycles. The zero-order chi connectivity index (χ0) is 11.6. The number of aliphatic hydroxyl groups is 1. The van der Waals surface area contributed by atoms with Crippen LogP contribution in [0.2, 0.25) is 0 Å². The van der Waals surface area contributed by atoms with Gasteiger partial charge >= 0.3 is 0 Å². The first kappa shape index (κ1) is 12.3. The molecule has 2 saturated heterocycles. The molecule has 2 atom stereocenters. The SMILES string of the molecule is CCN1CCCC(N)(C2(O)CCCOC2)C1. The van der Waals surface area contributed by atoms with Gasteiger partial charge in [-0.1, -0.05) is 6.92 Å². The van der Waals surface area contributed by atoms with Crippen molar-refractivity contribution in [3.8, 4) is 0 Å². The molecule has 16 heavy (non-hydrogen) atoms. The van der Waals surface area contributed by atoms with Crippen molar-refractivity contribution in [1.29, 1.82) is 0 Å². The Morgan fingerprint density at radius 3 is 2.81 bits per heavy atom. The second-order valence-corrected chi connectivity index (χ2v) is 5.32.